The van der Waals surface area contributed by atoms with Crippen LogP contribution >= 0.6 is 0 Å². The summed E-state index contributed by atoms with van der Waals surface area (Å²) in [6.07, 6.45) is 0.286. The minimum absolute atomic E-state index is 0.0286. The third-order valence-electron chi connectivity index (χ3n) is 3.74. The van der Waals surface area contributed by atoms with Crippen LogP contribution in [-0.4, -0.2) is 47.4 Å². The summed E-state index contributed by atoms with van der Waals surface area (Å²) in [5.74, 6) is -1.17. The summed E-state index contributed by atoms with van der Waals surface area (Å²) in [6, 6.07) is 10.4. The zero-order valence-corrected chi connectivity index (χ0v) is 16.8. The van der Waals surface area contributed by atoms with Crippen LogP contribution in [-0.2, 0) is 9.59 Å². The average molecular weight is 431 g/mol. The number of aliphatic carboxylic acids is 1. The number of hydrogen-bond acceptors (Lipinski definition) is 8. The monoisotopic (exact) mass is 431 g/mol. The average Bonchev–Trinajstić information content (AvgIpc) is 2.74. The van der Waals surface area contributed by atoms with E-state index in [0.717, 1.165) is 0 Å². The fourth-order valence-electron chi connectivity index (χ4n) is 2.30. The number of nitrogens with one attached hydrogen (secondary N) is 1. The summed E-state index contributed by atoms with van der Waals surface area (Å²) in [7, 11) is 0. The number of carbonyl (C=O) groups excluding carboxylic acids is 1. The van der Waals surface area contributed by atoms with Crippen molar-refractivity contribution in [3.8, 4) is 17.2 Å². The fourth-order valence-corrected chi connectivity index (χ4v) is 2.30. The molecule has 2 aromatic rings. The SMILES string of the molecule is CCOc1cc(C=NNC(=O)COc2ccccc2[N+](=O)[O-])ccc1OC(C)C(=O)O. The van der Waals surface area contributed by atoms with Crippen LogP contribution in [0.15, 0.2) is 47.6 Å². The van der Waals surface area contributed by atoms with Gasteiger partial charge in [-0.15, -0.1) is 0 Å². The molecule has 1 atom stereocenters. The smallest absolute Gasteiger partial charge is 0.344 e. The van der Waals surface area contributed by atoms with Crippen LogP contribution < -0.4 is 19.6 Å². The van der Waals surface area contributed by atoms with Gasteiger partial charge in [0.25, 0.3) is 5.91 Å². The number of ether oxygens (including phenoxy) is 3. The Bertz CT molecular complexity index is 977. The summed E-state index contributed by atoms with van der Waals surface area (Å²) in [4.78, 5) is 33.2. The second-order valence-corrected chi connectivity index (χ2v) is 6.04. The van der Waals surface area contributed by atoms with Gasteiger partial charge < -0.3 is 19.3 Å². The van der Waals surface area contributed by atoms with E-state index in [0.29, 0.717) is 17.9 Å². The Hall–Kier alpha value is -4.15. The molecule has 0 aliphatic carbocycles. The Morgan fingerprint density at radius 1 is 1.19 bits per heavy atom. The van der Waals surface area contributed by atoms with Crippen molar-refractivity contribution < 1.29 is 33.8 Å². The maximum Gasteiger partial charge on any atom is 0.344 e. The maximum absolute atomic E-state index is 11.9. The number of carboxylic acid groups (broad SMARTS) is 1. The van der Waals surface area contributed by atoms with Gasteiger partial charge in [0.15, 0.2) is 30.0 Å². The molecule has 0 spiro atoms. The molecule has 0 aliphatic heterocycles. The number of nitro benzene ring substituents is 1. The number of nitrogens with zero attached hydrogens (tertiary/aromatic N) is 2. The second kappa shape index (κ2) is 11.1. The highest BCUT2D eigenvalue weighted by Gasteiger charge is 2.16. The van der Waals surface area contributed by atoms with E-state index in [1.165, 1.54) is 37.4 Å². The van der Waals surface area contributed by atoms with Crippen molar-refractivity contribution >= 4 is 23.8 Å². The number of rotatable bonds is 11. The molecule has 1 unspecified atom stereocenters. The maximum atomic E-state index is 11.9. The predicted octanol–water partition coefficient (Wildman–Crippen LogP) is 2.37. The lowest BCUT2D eigenvalue weighted by atomic mass is 10.2. The van der Waals surface area contributed by atoms with Crippen molar-refractivity contribution in [2.75, 3.05) is 13.2 Å². The Morgan fingerprint density at radius 3 is 2.61 bits per heavy atom. The molecule has 0 aromatic heterocycles. The summed E-state index contributed by atoms with van der Waals surface area (Å²) in [5.41, 5.74) is 2.56. The van der Waals surface area contributed by atoms with E-state index in [1.54, 1.807) is 25.1 Å². The molecule has 0 saturated carbocycles. The van der Waals surface area contributed by atoms with Gasteiger partial charge >= 0.3 is 11.7 Å². The Labute approximate surface area is 177 Å². The number of hydrogen-bond donors (Lipinski definition) is 2. The Balaban J connectivity index is 1.97. The molecule has 2 N–H and O–H groups in total. The zero-order valence-electron chi connectivity index (χ0n) is 16.8. The molecule has 0 saturated heterocycles. The molecule has 0 radical (unpaired) electrons. The third-order valence-corrected chi connectivity index (χ3v) is 3.74. The first-order chi connectivity index (χ1) is 14.8. The van der Waals surface area contributed by atoms with Gasteiger partial charge in [0.1, 0.15) is 0 Å². The molecule has 11 nitrogen and oxygen atoms in total. The predicted molar refractivity (Wildman–Crippen MR) is 110 cm³/mol. The number of carboxylic acids is 1. The van der Waals surface area contributed by atoms with Gasteiger partial charge in [-0.25, -0.2) is 10.2 Å². The van der Waals surface area contributed by atoms with Gasteiger partial charge in [0, 0.05) is 6.07 Å². The fraction of sp³-hybridized carbons (Fsp3) is 0.250. The van der Waals surface area contributed by atoms with Crippen LogP contribution in [0.3, 0.4) is 0 Å². The Kier molecular flexibility index (Phi) is 8.31. The molecular formula is C20H21N3O8. The zero-order chi connectivity index (χ0) is 22.8. The molecule has 164 valence electrons. The van der Waals surface area contributed by atoms with Gasteiger partial charge in [-0.05, 0) is 43.7 Å². The van der Waals surface area contributed by atoms with Crippen LogP contribution in [0.4, 0.5) is 5.69 Å². The first kappa shape index (κ1) is 23.1. The molecular weight excluding hydrogens is 410 g/mol. The van der Waals surface area contributed by atoms with E-state index in [-0.39, 0.29) is 17.2 Å². The van der Waals surface area contributed by atoms with Crippen molar-refractivity contribution in [1.82, 2.24) is 5.43 Å². The van der Waals surface area contributed by atoms with Crippen LogP contribution in [0.25, 0.3) is 0 Å². The van der Waals surface area contributed by atoms with Gasteiger partial charge in [0.05, 0.1) is 17.7 Å². The molecule has 31 heavy (non-hydrogen) atoms. The van der Waals surface area contributed by atoms with Crippen LogP contribution in [0.1, 0.15) is 19.4 Å². The van der Waals surface area contributed by atoms with Gasteiger partial charge in [-0.1, -0.05) is 12.1 Å². The molecule has 2 rings (SSSR count). The van der Waals surface area contributed by atoms with Crippen LogP contribution in [0, 0.1) is 10.1 Å². The van der Waals surface area contributed by atoms with Gasteiger partial charge in [0.2, 0.25) is 0 Å². The molecule has 0 aliphatic rings. The van der Waals surface area contributed by atoms with E-state index in [9.17, 15) is 19.7 Å². The minimum atomic E-state index is -1.11. The summed E-state index contributed by atoms with van der Waals surface area (Å²) >= 11 is 0. The normalized spacial score (nSPS) is 11.5. The lowest BCUT2D eigenvalue weighted by Gasteiger charge is -2.15. The van der Waals surface area contributed by atoms with Crippen molar-refractivity contribution in [3.05, 3.63) is 58.1 Å². The number of nitro groups is 1. The summed E-state index contributed by atoms with van der Waals surface area (Å²) < 4.78 is 16.0. The van der Waals surface area contributed by atoms with Crippen LogP contribution in [0.5, 0.6) is 17.2 Å². The van der Waals surface area contributed by atoms with Crippen molar-refractivity contribution in [1.29, 1.82) is 0 Å². The quantitative estimate of drug-likeness (QED) is 0.313. The first-order valence-corrected chi connectivity index (χ1v) is 9.16. The van der Waals surface area contributed by atoms with E-state index < -0.39 is 29.5 Å². The van der Waals surface area contributed by atoms with Gasteiger partial charge in [-0.2, -0.15) is 5.10 Å². The highest BCUT2D eigenvalue weighted by molar-refractivity contribution is 5.83. The first-order valence-electron chi connectivity index (χ1n) is 9.16. The molecule has 0 fully saturated rings. The number of carbonyl (C=O) groups is 2. The van der Waals surface area contributed by atoms with Crippen molar-refractivity contribution in [3.63, 3.8) is 0 Å². The minimum Gasteiger partial charge on any atom is -0.490 e. The third kappa shape index (κ3) is 6.99. The van der Waals surface area contributed by atoms with Gasteiger partial charge in [-0.3, -0.25) is 14.9 Å². The highest BCUT2D eigenvalue weighted by Crippen LogP contribution is 2.29. The van der Waals surface area contributed by atoms with E-state index in [1.807, 2.05) is 0 Å². The molecule has 2 aromatic carbocycles. The summed E-state index contributed by atoms with van der Waals surface area (Å²) in [5, 5.41) is 23.7. The highest BCUT2D eigenvalue weighted by atomic mass is 16.6. The van der Waals surface area contributed by atoms with Crippen molar-refractivity contribution in [2.24, 2.45) is 5.10 Å². The van der Waals surface area contributed by atoms with Crippen LogP contribution in [0.2, 0.25) is 0 Å². The second-order valence-electron chi connectivity index (χ2n) is 6.04. The largest absolute Gasteiger partial charge is 0.490 e. The lowest BCUT2D eigenvalue weighted by Crippen LogP contribution is -2.24. The number of para-hydroxylation sites is 2. The van der Waals surface area contributed by atoms with E-state index >= 15 is 0 Å². The number of benzene rings is 2. The Morgan fingerprint density at radius 2 is 1.94 bits per heavy atom. The van der Waals surface area contributed by atoms with Crippen molar-refractivity contribution in [2.45, 2.75) is 20.0 Å². The molecule has 0 bridgehead atoms. The number of amides is 1. The molecule has 0 heterocycles. The molecule has 1 amide bonds. The standard InChI is InChI=1S/C20H21N3O8/c1-3-29-18-10-14(8-9-17(18)31-13(2)20(25)26)11-21-22-19(24)12-30-16-7-5-4-6-15(16)23(27)28/h4-11,13H,3,12H2,1-2H3,(H,22,24)(H,25,26). The topological polar surface area (TPSA) is 150 Å². The molecule has 11 heteroatoms. The lowest BCUT2D eigenvalue weighted by molar-refractivity contribution is -0.385. The van der Waals surface area contributed by atoms with E-state index in [4.69, 9.17) is 19.3 Å². The van der Waals surface area contributed by atoms with E-state index in [2.05, 4.69) is 10.5 Å². The summed E-state index contributed by atoms with van der Waals surface area (Å²) in [6.45, 7) is 3.03. The number of hydrazone groups is 1.